The fourth-order valence-corrected chi connectivity index (χ4v) is 5.40. The highest BCUT2D eigenvalue weighted by molar-refractivity contribution is 7.85. The second-order valence-corrected chi connectivity index (χ2v) is 9.44. The maximum atomic E-state index is 12.9. The number of nitrogens with zero attached hydrogens (tertiary/aromatic N) is 1. The van der Waals surface area contributed by atoms with Gasteiger partial charge >= 0.3 is 22.4 Å². The Bertz CT molecular complexity index is 1290. The minimum absolute atomic E-state index is 0.0608. The number of amides is 1. The molecule has 1 heterocycles. The molecule has 2 aliphatic rings. The summed E-state index contributed by atoms with van der Waals surface area (Å²) in [7, 11) is -4.47. The van der Waals surface area contributed by atoms with Crippen LogP contribution in [-0.2, 0) is 35.4 Å². The van der Waals surface area contributed by atoms with Crippen molar-refractivity contribution in [3.8, 4) is 11.1 Å². The molecule has 0 aromatic heterocycles. The lowest BCUT2D eigenvalue weighted by atomic mass is 9.98. The summed E-state index contributed by atoms with van der Waals surface area (Å²) in [5.41, 5.74) is 4.77. The number of fused-ring (bicyclic) bond motifs is 3. The second kappa shape index (κ2) is 8.92. The quantitative estimate of drug-likeness (QED) is 0.516. The standard InChI is InChI=1S/C25H21NO7S/c27-24(31-14-17-8-2-1-3-9-17)23-16-33-34(29,30)26(23)25(28)32-15-22-20-12-6-4-10-18(20)19-11-5-7-13-21(19)22/h1-13,22-23H,14-16H2/t23-/m0/s1. The van der Waals surface area contributed by atoms with E-state index in [-0.39, 0.29) is 19.1 Å². The van der Waals surface area contributed by atoms with Gasteiger partial charge in [-0.05, 0) is 27.8 Å². The third kappa shape index (κ3) is 4.04. The topological polar surface area (TPSA) is 99.2 Å². The normalized spacial score (nSPS) is 18.2. The first-order valence-electron chi connectivity index (χ1n) is 10.7. The molecule has 1 fully saturated rings. The number of benzene rings is 3. The first kappa shape index (κ1) is 22.1. The molecule has 1 amide bonds. The van der Waals surface area contributed by atoms with Crippen molar-refractivity contribution in [1.82, 2.24) is 4.31 Å². The SMILES string of the molecule is O=C(OCc1ccccc1)[C@@H]1COS(=O)(=O)N1C(=O)OCC1c2ccccc2-c2ccccc21. The predicted octanol–water partition coefficient (Wildman–Crippen LogP) is 3.62. The Hall–Kier alpha value is -3.69. The monoisotopic (exact) mass is 479 g/mol. The summed E-state index contributed by atoms with van der Waals surface area (Å²) < 4.78 is 40.5. The van der Waals surface area contributed by atoms with Crippen molar-refractivity contribution in [2.45, 2.75) is 18.6 Å². The zero-order valence-electron chi connectivity index (χ0n) is 18.0. The van der Waals surface area contributed by atoms with Gasteiger partial charge in [0.15, 0.2) is 6.04 Å². The van der Waals surface area contributed by atoms with Gasteiger partial charge in [-0.15, -0.1) is 0 Å². The van der Waals surface area contributed by atoms with Gasteiger partial charge in [0, 0.05) is 5.92 Å². The van der Waals surface area contributed by atoms with Gasteiger partial charge in [-0.3, -0.25) is 4.18 Å². The summed E-state index contributed by atoms with van der Waals surface area (Å²) >= 11 is 0. The highest BCUT2D eigenvalue weighted by Gasteiger charge is 2.48. The molecule has 5 rings (SSSR count). The first-order valence-corrected chi connectivity index (χ1v) is 12.1. The molecule has 0 unspecified atom stereocenters. The van der Waals surface area contributed by atoms with E-state index in [1.54, 1.807) is 24.3 Å². The summed E-state index contributed by atoms with van der Waals surface area (Å²) in [6.45, 7) is -0.681. The van der Waals surface area contributed by atoms with E-state index in [0.717, 1.165) is 27.8 Å². The molecule has 8 nitrogen and oxygen atoms in total. The van der Waals surface area contributed by atoms with E-state index in [4.69, 9.17) is 13.7 Å². The molecule has 3 aromatic carbocycles. The van der Waals surface area contributed by atoms with Gasteiger partial charge in [0.05, 0.1) is 0 Å². The highest BCUT2D eigenvalue weighted by atomic mass is 32.2. The van der Waals surface area contributed by atoms with E-state index in [1.807, 2.05) is 54.6 Å². The summed E-state index contributed by atoms with van der Waals surface area (Å²) in [6.07, 6.45) is -1.18. The Kier molecular flexibility index (Phi) is 5.80. The molecule has 1 aliphatic heterocycles. The van der Waals surface area contributed by atoms with Gasteiger partial charge < -0.3 is 9.47 Å². The third-order valence-corrected chi connectivity index (χ3v) is 7.23. The van der Waals surface area contributed by atoms with Crippen molar-refractivity contribution < 1.29 is 31.7 Å². The van der Waals surface area contributed by atoms with Gasteiger partial charge in [0.2, 0.25) is 0 Å². The number of carbonyl (C=O) groups is 2. The summed E-state index contributed by atoms with van der Waals surface area (Å²) in [5, 5.41) is 0. The molecule has 0 bridgehead atoms. The number of rotatable bonds is 5. The zero-order valence-corrected chi connectivity index (χ0v) is 18.8. The Morgan fingerprint density at radius 3 is 2.09 bits per heavy atom. The number of carbonyl (C=O) groups excluding carboxylic acids is 2. The molecule has 0 saturated carbocycles. The molecule has 0 N–H and O–H groups in total. The van der Waals surface area contributed by atoms with Gasteiger partial charge in [0.25, 0.3) is 0 Å². The molecular weight excluding hydrogens is 458 g/mol. The lowest BCUT2D eigenvalue weighted by molar-refractivity contribution is -0.149. The van der Waals surface area contributed by atoms with Crippen LogP contribution in [-0.4, -0.2) is 44.0 Å². The average Bonchev–Trinajstić information content (AvgIpc) is 3.35. The highest BCUT2D eigenvalue weighted by Crippen LogP contribution is 2.44. The molecule has 0 spiro atoms. The van der Waals surface area contributed by atoms with E-state index >= 15 is 0 Å². The third-order valence-electron chi connectivity index (χ3n) is 5.91. The van der Waals surface area contributed by atoms with Crippen LogP contribution in [0.3, 0.4) is 0 Å². The molecule has 34 heavy (non-hydrogen) atoms. The van der Waals surface area contributed by atoms with E-state index in [1.165, 1.54) is 0 Å². The van der Waals surface area contributed by atoms with Crippen molar-refractivity contribution in [3.05, 3.63) is 95.6 Å². The molecule has 3 aromatic rings. The van der Waals surface area contributed by atoms with Crippen LogP contribution in [0.25, 0.3) is 11.1 Å². The fourth-order valence-electron chi connectivity index (χ4n) is 4.30. The average molecular weight is 480 g/mol. The van der Waals surface area contributed by atoms with Crippen LogP contribution in [0.5, 0.6) is 0 Å². The minimum Gasteiger partial charge on any atom is -0.459 e. The van der Waals surface area contributed by atoms with Crippen LogP contribution in [0.15, 0.2) is 78.9 Å². The number of hydrogen-bond donors (Lipinski definition) is 0. The van der Waals surface area contributed by atoms with Crippen molar-refractivity contribution in [2.75, 3.05) is 13.2 Å². The van der Waals surface area contributed by atoms with Crippen LogP contribution < -0.4 is 0 Å². The van der Waals surface area contributed by atoms with Crippen molar-refractivity contribution in [2.24, 2.45) is 0 Å². The molecular formula is C25H21NO7S. The minimum atomic E-state index is -4.47. The Morgan fingerprint density at radius 1 is 0.853 bits per heavy atom. The van der Waals surface area contributed by atoms with Crippen LogP contribution in [0.1, 0.15) is 22.6 Å². The van der Waals surface area contributed by atoms with E-state index in [0.29, 0.717) is 4.31 Å². The fraction of sp³-hybridized carbons (Fsp3) is 0.200. The summed E-state index contributed by atoms with van der Waals surface area (Å²) in [4.78, 5) is 25.5. The Balaban J connectivity index is 1.30. The van der Waals surface area contributed by atoms with Crippen LogP contribution in [0.4, 0.5) is 4.79 Å². The van der Waals surface area contributed by atoms with Crippen LogP contribution >= 0.6 is 0 Å². The molecule has 1 saturated heterocycles. The Labute approximate surface area is 196 Å². The predicted molar refractivity (Wildman–Crippen MR) is 122 cm³/mol. The van der Waals surface area contributed by atoms with Crippen molar-refractivity contribution in [3.63, 3.8) is 0 Å². The molecule has 9 heteroatoms. The Morgan fingerprint density at radius 2 is 1.44 bits per heavy atom. The summed E-state index contributed by atoms with van der Waals surface area (Å²) in [6, 6.07) is 23.0. The maximum absolute atomic E-state index is 12.9. The van der Waals surface area contributed by atoms with Gasteiger partial charge in [-0.2, -0.15) is 12.7 Å². The van der Waals surface area contributed by atoms with E-state index in [2.05, 4.69) is 0 Å². The van der Waals surface area contributed by atoms with E-state index < -0.39 is 35.0 Å². The molecule has 1 aliphatic carbocycles. The molecule has 174 valence electrons. The zero-order chi connectivity index (χ0) is 23.7. The van der Waals surface area contributed by atoms with Gasteiger partial charge in [0.1, 0.15) is 19.8 Å². The molecule has 0 radical (unpaired) electrons. The first-order chi connectivity index (χ1) is 16.5. The lowest BCUT2D eigenvalue weighted by Crippen LogP contribution is -2.45. The number of hydrogen-bond acceptors (Lipinski definition) is 7. The van der Waals surface area contributed by atoms with Crippen LogP contribution in [0.2, 0.25) is 0 Å². The van der Waals surface area contributed by atoms with Crippen molar-refractivity contribution >= 4 is 22.4 Å². The van der Waals surface area contributed by atoms with Crippen LogP contribution in [0, 0.1) is 0 Å². The van der Waals surface area contributed by atoms with Crippen molar-refractivity contribution in [1.29, 1.82) is 0 Å². The summed E-state index contributed by atoms with van der Waals surface area (Å²) in [5.74, 6) is -1.15. The molecule has 1 atom stereocenters. The van der Waals surface area contributed by atoms with Gasteiger partial charge in [-0.1, -0.05) is 78.9 Å². The second-order valence-electron chi connectivity index (χ2n) is 7.95. The van der Waals surface area contributed by atoms with Gasteiger partial charge in [-0.25, -0.2) is 9.59 Å². The number of esters is 1. The van der Waals surface area contributed by atoms with E-state index in [9.17, 15) is 18.0 Å². The maximum Gasteiger partial charge on any atom is 0.426 e. The largest absolute Gasteiger partial charge is 0.459 e. The number of ether oxygens (including phenoxy) is 2. The lowest BCUT2D eigenvalue weighted by Gasteiger charge is -2.21. The smallest absolute Gasteiger partial charge is 0.426 e.